The van der Waals surface area contributed by atoms with Gasteiger partial charge in [0.15, 0.2) is 5.82 Å². The summed E-state index contributed by atoms with van der Waals surface area (Å²) in [5.74, 6) is 0.192. The number of nitrogens with one attached hydrogen (secondary N) is 1. The number of hydrogen-bond acceptors (Lipinski definition) is 4. The van der Waals surface area contributed by atoms with E-state index in [-0.39, 0.29) is 17.9 Å². The minimum atomic E-state index is -0.528. The number of piperidine rings is 1. The lowest BCUT2D eigenvalue weighted by Gasteiger charge is -2.33. The van der Waals surface area contributed by atoms with E-state index in [0.29, 0.717) is 18.9 Å². The molecule has 1 aliphatic heterocycles. The molecule has 122 valence electrons. The van der Waals surface area contributed by atoms with Gasteiger partial charge in [-0.3, -0.25) is 9.48 Å². The molecule has 0 aromatic carbocycles. The minimum Gasteiger partial charge on any atom is -0.444 e. The van der Waals surface area contributed by atoms with Gasteiger partial charge < -0.3 is 15.0 Å². The van der Waals surface area contributed by atoms with Gasteiger partial charge in [0.25, 0.3) is 0 Å². The van der Waals surface area contributed by atoms with Crippen molar-refractivity contribution >= 4 is 17.8 Å². The molecule has 0 bridgehead atoms. The van der Waals surface area contributed by atoms with Crippen molar-refractivity contribution in [2.75, 3.05) is 18.4 Å². The number of ether oxygens (including phenoxy) is 1. The Balaban J connectivity index is 1.92. The second kappa shape index (κ2) is 6.37. The highest BCUT2D eigenvalue weighted by atomic mass is 16.6. The fourth-order valence-corrected chi connectivity index (χ4v) is 2.39. The molecule has 2 rings (SSSR count). The zero-order valence-electron chi connectivity index (χ0n) is 13.6. The molecule has 0 saturated carbocycles. The Labute approximate surface area is 130 Å². The molecule has 1 aliphatic rings. The lowest BCUT2D eigenvalue weighted by Crippen LogP contribution is -2.45. The highest BCUT2D eigenvalue weighted by molar-refractivity contribution is 5.92. The number of aromatic nitrogens is 2. The molecule has 7 heteroatoms. The Morgan fingerprint density at radius 2 is 2.14 bits per heavy atom. The summed E-state index contributed by atoms with van der Waals surface area (Å²) in [7, 11) is 1.79. The average Bonchev–Trinajstić information content (AvgIpc) is 2.82. The molecule has 1 atom stereocenters. The van der Waals surface area contributed by atoms with Crippen LogP contribution in [-0.2, 0) is 16.6 Å². The van der Waals surface area contributed by atoms with Crippen LogP contribution in [0.3, 0.4) is 0 Å². The normalized spacial score (nSPS) is 18.9. The third-order valence-electron chi connectivity index (χ3n) is 3.41. The lowest BCUT2D eigenvalue weighted by atomic mass is 9.97. The van der Waals surface area contributed by atoms with Crippen molar-refractivity contribution < 1.29 is 14.3 Å². The Hall–Kier alpha value is -2.05. The molecular weight excluding hydrogens is 284 g/mol. The molecule has 1 saturated heterocycles. The maximum Gasteiger partial charge on any atom is 0.410 e. The van der Waals surface area contributed by atoms with E-state index >= 15 is 0 Å². The largest absolute Gasteiger partial charge is 0.444 e. The zero-order valence-corrected chi connectivity index (χ0v) is 13.6. The second-order valence-corrected chi connectivity index (χ2v) is 6.63. The van der Waals surface area contributed by atoms with Crippen LogP contribution in [0.15, 0.2) is 12.3 Å². The van der Waals surface area contributed by atoms with Crippen molar-refractivity contribution in [2.45, 2.75) is 39.2 Å². The standard InChI is InChI=1S/C15H24N4O3/c1-15(2,3)22-14(21)19-8-5-6-11(10-19)13(20)16-12-7-9-18(4)17-12/h7,9,11H,5-6,8,10H2,1-4H3,(H,16,17,20)/t11-/m0/s1. The first-order chi connectivity index (χ1) is 10.2. The smallest absolute Gasteiger partial charge is 0.410 e. The SMILES string of the molecule is Cn1ccc(NC(=O)[C@H]2CCCN(C(=O)OC(C)(C)C)C2)n1. The van der Waals surface area contributed by atoms with Gasteiger partial charge >= 0.3 is 6.09 Å². The van der Waals surface area contributed by atoms with Crippen LogP contribution in [0.2, 0.25) is 0 Å². The number of carbonyl (C=O) groups is 2. The number of aryl methyl sites for hydroxylation is 1. The highest BCUT2D eigenvalue weighted by Gasteiger charge is 2.31. The summed E-state index contributed by atoms with van der Waals surface area (Å²) in [4.78, 5) is 26.0. The summed E-state index contributed by atoms with van der Waals surface area (Å²) in [6.07, 6.45) is 2.96. The van der Waals surface area contributed by atoms with Crippen LogP contribution >= 0.6 is 0 Å². The monoisotopic (exact) mass is 308 g/mol. The van der Waals surface area contributed by atoms with Gasteiger partial charge in [0.2, 0.25) is 5.91 Å². The summed E-state index contributed by atoms with van der Waals surface area (Å²) in [6.45, 7) is 6.51. The molecule has 7 nitrogen and oxygen atoms in total. The number of amides is 2. The van der Waals surface area contributed by atoms with Crippen LogP contribution < -0.4 is 5.32 Å². The number of nitrogens with zero attached hydrogens (tertiary/aromatic N) is 3. The predicted molar refractivity (Wildman–Crippen MR) is 82.4 cm³/mol. The molecule has 1 aromatic heterocycles. The molecule has 22 heavy (non-hydrogen) atoms. The Morgan fingerprint density at radius 3 is 2.73 bits per heavy atom. The maximum absolute atomic E-state index is 12.3. The molecule has 1 fully saturated rings. The average molecular weight is 308 g/mol. The summed E-state index contributed by atoms with van der Waals surface area (Å²) >= 11 is 0. The second-order valence-electron chi connectivity index (χ2n) is 6.63. The third-order valence-corrected chi connectivity index (χ3v) is 3.41. The van der Waals surface area contributed by atoms with Gasteiger partial charge in [0.05, 0.1) is 5.92 Å². The number of anilines is 1. The van der Waals surface area contributed by atoms with Crippen molar-refractivity contribution in [3.8, 4) is 0 Å². The van der Waals surface area contributed by atoms with Crippen LogP contribution in [0, 0.1) is 5.92 Å². The van der Waals surface area contributed by atoms with Gasteiger partial charge in [-0.05, 0) is 33.6 Å². The van der Waals surface area contributed by atoms with E-state index < -0.39 is 5.60 Å². The Bertz CT molecular complexity index is 547. The van der Waals surface area contributed by atoms with Crippen LogP contribution in [-0.4, -0.2) is 45.4 Å². The topological polar surface area (TPSA) is 76.5 Å². The summed E-state index contributed by atoms with van der Waals surface area (Å²) in [6, 6.07) is 1.74. The quantitative estimate of drug-likeness (QED) is 0.906. The molecule has 0 radical (unpaired) electrons. The number of carbonyl (C=O) groups excluding carboxylic acids is 2. The van der Waals surface area contributed by atoms with Crippen LogP contribution in [0.25, 0.3) is 0 Å². The predicted octanol–water partition coefficient (Wildman–Crippen LogP) is 2.01. The van der Waals surface area contributed by atoms with E-state index in [9.17, 15) is 9.59 Å². The third kappa shape index (κ3) is 4.47. The fourth-order valence-electron chi connectivity index (χ4n) is 2.39. The summed E-state index contributed by atoms with van der Waals surface area (Å²) in [5.41, 5.74) is -0.528. The van der Waals surface area contributed by atoms with E-state index in [1.54, 1.807) is 28.9 Å². The van der Waals surface area contributed by atoms with Gasteiger partial charge in [-0.15, -0.1) is 0 Å². The molecule has 0 aliphatic carbocycles. The molecular formula is C15H24N4O3. The van der Waals surface area contributed by atoms with Crippen LogP contribution in [0.5, 0.6) is 0 Å². The Morgan fingerprint density at radius 1 is 1.41 bits per heavy atom. The molecule has 1 N–H and O–H groups in total. The fraction of sp³-hybridized carbons (Fsp3) is 0.667. The van der Waals surface area contributed by atoms with Gasteiger partial charge in [0, 0.05) is 32.4 Å². The lowest BCUT2D eigenvalue weighted by molar-refractivity contribution is -0.121. The minimum absolute atomic E-state index is 0.105. The molecule has 1 aromatic rings. The van der Waals surface area contributed by atoms with Crippen molar-refractivity contribution in [1.29, 1.82) is 0 Å². The van der Waals surface area contributed by atoms with Gasteiger partial charge in [0.1, 0.15) is 5.60 Å². The molecule has 2 amide bonds. The first-order valence-electron chi connectivity index (χ1n) is 7.53. The number of likely N-dealkylation sites (tertiary alicyclic amines) is 1. The first kappa shape index (κ1) is 16.3. The molecule has 0 unspecified atom stereocenters. The molecule has 0 spiro atoms. The van der Waals surface area contributed by atoms with E-state index in [2.05, 4.69) is 10.4 Å². The van der Waals surface area contributed by atoms with Crippen molar-refractivity contribution in [1.82, 2.24) is 14.7 Å². The number of hydrogen-bond donors (Lipinski definition) is 1. The van der Waals surface area contributed by atoms with Gasteiger partial charge in [-0.2, -0.15) is 5.10 Å². The first-order valence-corrected chi connectivity index (χ1v) is 7.53. The summed E-state index contributed by atoms with van der Waals surface area (Å²) < 4.78 is 6.99. The highest BCUT2D eigenvalue weighted by Crippen LogP contribution is 2.20. The maximum atomic E-state index is 12.3. The van der Waals surface area contributed by atoms with E-state index in [1.807, 2.05) is 20.8 Å². The summed E-state index contributed by atoms with van der Waals surface area (Å²) in [5, 5.41) is 6.92. The van der Waals surface area contributed by atoms with Crippen molar-refractivity contribution in [2.24, 2.45) is 13.0 Å². The van der Waals surface area contributed by atoms with Crippen LogP contribution in [0.4, 0.5) is 10.6 Å². The van der Waals surface area contributed by atoms with Gasteiger partial charge in [-0.1, -0.05) is 0 Å². The van der Waals surface area contributed by atoms with E-state index in [1.165, 1.54) is 0 Å². The van der Waals surface area contributed by atoms with E-state index in [0.717, 1.165) is 12.8 Å². The van der Waals surface area contributed by atoms with Crippen molar-refractivity contribution in [3.05, 3.63) is 12.3 Å². The molecule has 2 heterocycles. The Kier molecular flexibility index (Phi) is 4.73. The van der Waals surface area contributed by atoms with Gasteiger partial charge in [-0.25, -0.2) is 4.79 Å². The van der Waals surface area contributed by atoms with E-state index in [4.69, 9.17) is 4.74 Å². The van der Waals surface area contributed by atoms with Crippen LogP contribution in [0.1, 0.15) is 33.6 Å². The zero-order chi connectivity index (χ0) is 16.3. The number of rotatable bonds is 2. The van der Waals surface area contributed by atoms with Crippen molar-refractivity contribution in [3.63, 3.8) is 0 Å².